The number of allylic oxidation sites excluding steroid dienone is 2. The summed E-state index contributed by atoms with van der Waals surface area (Å²) in [7, 11) is 4.20. The zero-order valence-electron chi connectivity index (χ0n) is 83.9. The van der Waals surface area contributed by atoms with Gasteiger partial charge in [0.2, 0.25) is 0 Å². The van der Waals surface area contributed by atoms with Crippen LogP contribution in [0, 0.1) is 23.2 Å². The van der Waals surface area contributed by atoms with E-state index >= 15 is 0 Å². The van der Waals surface area contributed by atoms with Crippen molar-refractivity contribution in [1.82, 2.24) is 0 Å². The summed E-state index contributed by atoms with van der Waals surface area (Å²) in [6, 6.07) is 93.1. The number of aliphatic hydroxyl groups excluding tert-OH is 1. The molecule has 0 bridgehead atoms. The van der Waals surface area contributed by atoms with Crippen molar-refractivity contribution in [3.05, 3.63) is 363 Å². The summed E-state index contributed by atoms with van der Waals surface area (Å²) in [6.45, 7) is 0.100. The number of nitrogens with zero attached hydrogens (tertiary/aromatic N) is 1. The van der Waals surface area contributed by atoms with Crippen LogP contribution in [0.15, 0.2) is 291 Å². The molecule has 0 radical (unpaired) electrons. The second kappa shape index (κ2) is 59.0. The van der Waals surface area contributed by atoms with E-state index in [0.29, 0.717) is 92.7 Å². The normalized spacial score (nSPS) is 24.2. The first-order valence-corrected chi connectivity index (χ1v) is 53.8. The third-order valence-electron chi connectivity index (χ3n) is 29.5. The summed E-state index contributed by atoms with van der Waals surface area (Å²) in [5.74, 6) is 8.10. The topological polar surface area (TPSA) is 350 Å². The van der Waals surface area contributed by atoms with Crippen molar-refractivity contribution in [2.75, 3.05) is 27.9 Å². The van der Waals surface area contributed by atoms with Crippen molar-refractivity contribution in [3.8, 4) is 17.9 Å². The van der Waals surface area contributed by atoms with Crippen molar-refractivity contribution in [1.29, 1.82) is 5.26 Å². The number of aryl methyl sites for hydroxylation is 5. The molecule has 0 aromatic heterocycles. The number of nitrogens with two attached hydrogens (primary N) is 6. The lowest BCUT2D eigenvalue weighted by Crippen LogP contribution is -2.46. The van der Waals surface area contributed by atoms with Gasteiger partial charge in [-0.15, -0.1) is 24.0 Å². The SMILES string of the molecule is COC(=O)[C@@]1(N)CC[C@@H](c2ccc(Br)cc2)C1.COC(=O)[C@@]1(N)CC[C@H](c2ccc(C#CCCc3ccccc3)cc2)C1.COC(=O)[C@@]1(N)CC[C@H](c2ccc(CCCCc3ccccc3)cc2)C1.F.I.N#CC1(N)CC[C@@H](c2ccc(Br)cc2)C1.N[C@]1(C(=O)O)CC[C@@H](c2ccc(Br)cc2)C1.N[C@]1(CO)CC[C@H](c2ccc(CCCCc3ccccc3)cc2)C1.O=C1C=CCC1.O=C1CC[C@@H](c2ccc(Br)cc2)C1.[HH]. The number of carboxylic acid groups (broad SMARTS) is 1. The fourth-order valence-corrected chi connectivity index (χ4v) is 21.8. The van der Waals surface area contributed by atoms with Crippen LogP contribution in [0.3, 0.4) is 0 Å². The summed E-state index contributed by atoms with van der Waals surface area (Å²) >= 11 is 13.6. The Morgan fingerprint density at radius 1 is 0.386 bits per heavy atom. The van der Waals surface area contributed by atoms with E-state index in [4.69, 9.17) is 59.0 Å². The lowest BCUT2D eigenvalue weighted by molar-refractivity contribution is -0.147. The van der Waals surface area contributed by atoms with Gasteiger partial charge in [-0.25, -0.2) is 0 Å². The number of nitriles is 1. The minimum absolute atomic E-state index is 0. The number of unbranched alkanes of at least 4 members (excludes halogenated alkanes) is 2. The van der Waals surface area contributed by atoms with Crippen molar-refractivity contribution >= 4 is 123 Å². The smallest absolute Gasteiger partial charge is 0.325 e. The average Bonchev–Trinajstić information content (AvgIpc) is 1.66. The van der Waals surface area contributed by atoms with Crippen LogP contribution in [-0.4, -0.2) is 107 Å². The number of benzene rings is 10. The predicted molar refractivity (Wildman–Crippen MR) is 606 cm³/mol. The third kappa shape index (κ3) is 37.3. The van der Waals surface area contributed by atoms with Crippen LogP contribution in [0.4, 0.5) is 4.70 Å². The molecule has 18 rings (SSSR count). The number of ketones is 2. The number of aliphatic hydroxyl groups is 1. The molecule has 145 heavy (non-hydrogen) atoms. The number of halogens is 6. The van der Waals surface area contributed by atoms with Crippen molar-refractivity contribution in [3.63, 3.8) is 0 Å². The van der Waals surface area contributed by atoms with Crippen LogP contribution in [0.1, 0.15) is 295 Å². The van der Waals surface area contributed by atoms with Crippen LogP contribution in [0.25, 0.3) is 0 Å². The van der Waals surface area contributed by atoms with Crippen LogP contribution < -0.4 is 34.4 Å². The fourth-order valence-electron chi connectivity index (χ4n) is 20.8. The molecule has 8 aliphatic rings. The molecule has 24 heteroatoms. The highest BCUT2D eigenvalue weighted by atomic mass is 127. The molecule has 0 amide bonds. The molecule has 10 aromatic carbocycles. The summed E-state index contributed by atoms with van der Waals surface area (Å²) in [5, 5.41) is 27.4. The lowest BCUT2D eigenvalue weighted by Gasteiger charge is -2.21. The van der Waals surface area contributed by atoms with Gasteiger partial charge >= 0.3 is 23.9 Å². The van der Waals surface area contributed by atoms with Crippen molar-refractivity contribution in [2.24, 2.45) is 34.4 Å². The van der Waals surface area contributed by atoms with Gasteiger partial charge in [0.15, 0.2) is 5.78 Å². The van der Waals surface area contributed by atoms with E-state index in [9.17, 15) is 33.9 Å². The number of aliphatic carboxylic acids is 1. The minimum Gasteiger partial charge on any atom is -0.480 e. The quantitative estimate of drug-likeness (QED) is 0.00916. The molecule has 7 saturated carbocycles. The second-order valence-electron chi connectivity index (χ2n) is 40.2. The fraction of sp³-hybridized carbons (Fsp3) is 0.413. The number of hydrogen-bond acceptors (Lipinski definition) is 17. The van der Waals surface area contributed by atoms with E-state index in [2.05, 4.69) is 276 Å². The van der Waals surface area contributed by atoms with Gasteiger partial charge in [0, 0.05) is 56.1 Å². The second-order valence-corrected chi connectivity index (χ2v) is 43.9. The Morgan fingerprint density at radius 2 is 0.690 bits per heavy atom. The van der Waals surface area contributed by atoms with Gasteiger partial charge in [-0.1, -0.05) is 282 Å². The number of rotatable bonds is 24. The number of carbonyl (C=O) groups is 6. The molecule has 10 aromatic rings. The Labute approximate surface area is 910 Å². The monoisotopic (exact) mass is 2340 g/mol. The van der Waals surface area contributed by atoms with E-state index in [-0.39, 0.29) is 71.9 Å². The molecular weight excluding hydrogens is 2190 g/mol. The van der Waals surface area contributed by atoms with E-state index in [1.165, 1.54) is 120 Å². The first-order chi connectivity index (χ1) is 68.7. The molecule has 13 atom stereocenters. The van der Waals surface area contributed by atoms with Gasteiger partial charge in [0.1, 0.15) is 33.5 Å². The Kier molecular flexibility index (Phi) is 48.5. The average molecular weight is 2340 g/mol. The zero-order valence-corrected chi connectivity index (χ0v) is 92.5. The highest BCUT2D eigenvalue weighted by Crippen LogP contribution is 2.46. The molecule has 1 unspecified atom stereocenters. The maximum Gasteiger partial charge on any atom is 0.325 e. The van der Waals surface area contributed by atoms with Crippen LogP contribution in [0.5, 0.6) is 0 Å². The van der Waals surface area contributed by atoms with Crippen molar-refractivity contribution < 1.29 is 59.3 Å². The van der Waals surface area contributed by atoms with Gasteiger partial charge in [0.25, 0.3) is 0 Å². The maximum atomic E-state index is 11.9. The minimum atomic E-state index is -1.03. The van der Waals surface area contributed by atoms with Gasteiger partial charge in [0.05, 0.1) is 34.0 Å². The molecule has 14 N–H and O–H groups in total. The molecule has 18 nitrogen and oxygen atoms in total. The Bertz CT molecular complexity index is 5860. The lowest BCUT2D eigenvalue weighted by atomic mass is 9.92. The number of methoxy groups -OCH3 is 3. The summed E-state index contributed by atoms with van der Waals surface area (Å²) < 4.78 is 18.8. The zero-order chi connectivity index (χ0) is 102. The van der Waals surface area contributed by atoms with Crippen LogP contribution in [-0.2, 0) is 75.1 Å². The summed E-state index contributed by atoms with van der Waals surface area (Å²) in [5.41, 5.74) is 49.0. The molecule has 0 saturated heterocycles. The van der Waals surface area contributed by atoms with E-state index in [1.54, 1.807) is 6.08 Å². The van der Waals surface area contributed by atoms with Crippen LogP contribution in [0.2, 0.25) is 0 Å². The molecule has 774 valence electrons. The molecule has 0 aliphatic heterocycles. The number of hydrogen-bond donors (Lipinski definition) is 8. The predicted octanol–water partition coefficient (Wildman–Crippen LogP) is 25.6. The maximum absolute atomic E-state index is 11.9. The summed E-state index contributed by atoms with van der Waals surface area (Å²) in [4.78, 5) is 67.6. The summed E-state index contributed by atoms with van der Waals surface area (Å²) in [6.07, 6.45) is 33.4. The van der Waals surface area contributed by atoms with E-state index in [1.807, 2.05) is 72.8 Å². The van der Waals surface area contributed by atoms with Gasteiger partial charge in [-0.2, -0.15) is 5.26 Å². The molecule has 8 aliphatic carbocycles. The Balaban J connectivity index is 0.000000207. The number of ether oxygens (including phenoxy) is 3. The number of carboxylic acids is 1. The number of esters is 3. The van der Waals surface area contributed by atoms with Crippen LogP contribution >= 0.6 is 87.7 Å². The number of carbonyl (C=O) groups excluding carboxylic acids is 5. The van der Waals surface area contributed by atoms with Gasteiger partial charge < -0.3 is 58.8 Å². The molecule has 7 fully saturated rings. The Morgan fingerprint density at radius 3 is 0.979 bits per heavy atom. The van der Waals surface area contributed by atoms with Crippen molar-refractivity contribution in [2.45, 2.75) is 287 Å². The molecular formula is C121H147Br4FIN7O11. The van der Waals surface area contributed by atoms with E-state index < -0.39 is 33.7 Å². The van der Waals surface area contributed by atoms with Gasteiger partial charge in [-0.3, -0.25) is 33.5 Å². The Hall–Kier alpha value is -9.49. The molecule has 0 heterocycles. The molecule has 0 spiro atoms. The highest BCUT2D eigenvalue weighted by molar-refractivity contribution is 14.0. The first kappa shape index (κ1) is 119. The van der Waals surface area contributed by atoms with Gasteiger partial charge in [-0.05, 0) is 361 Å². The first-order valence-electron chi connectivity index (χ1n) is 50.6. The highest BCUT2D eigenvalue weighted by Gasteiger charge is 2.47. The van der Waals surface area contributed by atoms with E-state index in [0.717, 1.165) is 152 Å². The number of Topliss-reactive ketones (excluding diaryl/α,β-unsaturated/α-hetero) is 1. The third-order valence-corrected chi connectivity index (χ3v) is 31.7. The standard InChI is InChI=1S/C23H29NO2.C23H25NO2.C22H29NO.C13H16BrNO2.C12H13BrN2.C12H14BrNO2.C11H11BrO.C5H6O.FH.HI.H2/c2*1-26-22(25)23(24)16-15-21(17-23)20-13-11-19(12-14-20)10-6-5-9-18-7-3-2-4-8-18;23-22(17-24)15-14-21(16-22)20-12-10-19(11-13-20)9-5-4-8-18-6-2-1-3-7-18;1-17-12(16)13(15)7-6-10(8-13)9-2-4-11(14)5-3-9;13-11-3-1-9(2-4-11)10-5-6-12(15,7-10)8-14;13-10-3-1-8(2-4-10)9-5-6-12(14,7-9)11(15)16;12-10-4-1-8(2-5-10)9-3-6-11(13)7-9;6-5-3-1-2-4-5;;;/h2-4,7-8,11-14,21H,5-6,9-10,15-17,24H2,1H3;2-4,7-8,11-14,21H,5,9,15-17,24H2,1H3;1-3,6-7,10-13,21,24H,4-5,8-9,14-17,23H2;2-5,10H,6-8,15H2,1H3;1-4,10H,5-7,15H2;1-4,9H,5-7,14H2,(H,15,16);1-2,4-5,9H,3,6-7H2;1,3H,2,4H2;3*1H/t2*21-,23+;21-,22+;10-,13-;10-,12?;9-,12-;9-;;;;/m0001111..../s1. The largest absolute Gasteiger partial charge is 0.480 e.